The van der Waals surface area contributed by atoms with Gasteiger partial charge < -0.3 is 20.2 Å². The van der Waals surface area contributed by atoms with Gasteiger partial charge in [0.1, 0.15) is 0 Å². The van der Waals surface area contributed by atoms with Crippen molar-refractivity contribution >= 4 is 40.5 Å². The number of hydrogen-bond acceptors (Lipinski definition) is 4. The smallest absolute Gasteiger partial charge is 0.328 e. The topological polar surface area (TPSA) is 72.9 Å². The zero-order valence-electron chi connectivity index (χ0n) is 16.3. The third-order valence-electron chi connectivity index (χ3n) is 4.83. The molecule has 1 heterocycles. The number of carboxylic acids is 1. The van der Waals surface area contributed by atoms with E-state index in [0.717, 1.165) is 49.1 Å². The molecule has 3 rings (SSSR count). The van der Waals surface area contributed by atoms with Crippen LogP contribution in [0.1, 0.15) is 23.2 Å². The molecule has 0 unspecified atom stereocenters. The van der Waals surface area contributed by atoms with Crippen LogP contribution in [-0.4, -0.2) is 43.7 Å². The fourth-order valence-corrected chi connectivity index (χ4v) is 3.58. The van der Waals surface area contributed by atoms with Crippen LogP contribution in [-0.2, 0) is 4.79 Å². The quantitative estimate of drug-likeness (QED) is 0.504. The number of hydrogen-bond donors (Lipinski definition) is 2. The number of carbonyl (C=O) groups excluding carboxylic acids is 1. The Labute approximate surface area is 175 Å². The lowest BCUT2D eigenvalue weighted by Crippen LogP contribution is -2.25. The van der Waals surface area contributed by atoms with Gasteiger partial charge in [-0.1, -0.05) is 29.8 Å². The monoisotopic (exact) mass is 413 g/mol. The fourth-order valence-electron chi connectivity index (χ4n) is 3.41. The summed E-state index contributed by atoms with van der Waals surface area (Å²) in [5.41, 5.74) is 3.28. The van der Waals surface area contributed by atoms with E-state index in [4.69, 9.17) is 16.7 Å². The average molecular weight is 414 g/mol. The van der Waals surface area contributed by atoms with Crippen molar-refractivity contribution in [2.45, 2.75) is 12.8 Å². The Morgan fingerprint density at radius 2 is 1.90 bits per heavy atom. The maximum atomic E-state index is 13.0. The fraction of sp³-hybridized carbons (Fsp3) is 0.273. The Kier molecular flexibility index (Phi) is 6.90. The number of carboxylic acid groups (broad SMARTS) is 1. The van der Waals surface area contributed by atoms with Crippen molar-refractivity contribution in [2.24, 2.45) is 0 Å². The molecule has 0 aromatic heterocycles. The van der Waals surface area contributed by atoms with Gasteiger partial charge in [0.05, 0.1) is 22.6 Å². The van der Waals surface area contributed by atoms with E-state index in [9.17, 15) is 9.59 Å². The number of rotatable bonds is 8. The van der Waals surface area contributed by atoms with Crippen molar-refractivity contribution in [3.8, 4) is 0 Å². The number of unbranched alkanes of at least 4 members (excludes halogenated alkanes) is 1. The number of nitrogens with zero attached hydrogens (tertiary/aromatic N) is 2. The Balaban J connectivity index is 1.74. The molecule has 1 aliphatic rings. The van der Waals surface area contributed by atoms with Crippen molar-refractivity contribution in [2.75, 3.05) is 36.5 Å². The third kappa shape index (κ3) is 4.96. The maximum Gasteiger partial charge on any atom is 0.328 e. The van der Waals surface area contributed by atoms with E-state index in [1.807, 2.05) is 30.3 Å². The van der Waals surface area contributed by atoms with Gasteiger partial charge in [0.2, 0.25) is 0 Å². The molecule has 7 heteroatoms. The second-order valence-corrected chi connectivity index (χ2v) is 7.25. The standard InChI is InChI=1S/C22H24ClN3O3/c1-25-18-7-2-3-8-19(18)26(14-5-4-12-24-13-6-9-21(27)28)20-15-16(23)10-11-17(20)22(25)29/h2-3,6-11,15,24H,4-5,12-14H2,1H3,(H,27,28)/b9-6+. The van der Waals surface area contributed by atoms with Crippen LogP contribution in [0.5, 0.6) is 0 Å². The average Bonchev–Trinajstić information content (AvgIpc) is 2.79. The molecule has 1 aliphatic heterocycles. The van der Waals surface area contributed by atoms with Crippen LogP contribution in [0.4, 0.5) is 17.1 Å². The van der Waals surface area contributed by atoms with E-state index >= 15 is 0 Å². The molecule has 0 saturated heterocycles. The first-order valence-corrected chi connectivity index (χ1v) is 9.91. The molecule has 2 N–H and O–H groups in total. The number of carbonyl (C=O) groups is 2. The molecule has 6 nitrogen and oxygen atoms in total. The molecule has 2 aromatic carbocycles. The predicted molar refractivity (Wildman–Crippen MR) is 117 cm³/mol. The summed E-state index contributed by atoms with van der Waals surface area (Å²) in [7, 11) is 1.79. The molecule has 0 radical (unpaired) electrons. The summed E-state index contributed by atoms with van der Waals surface area (Å²) in [5.74, 6) is -0.998. The van der Waals surface area contributed by atoms with E-state index in [2.05, 4.69) is 10.2 Å². The normalized spacial score (nSPS) is 13.4. The number of anilines is 3. The number of amides is 1. The van der Waals surface area contributed by atoms with Gasteiger partial charge in [-0.05, 0) is 49.7 Å². The first kappa shape index (κ1) is 20.9. The largest absolute Gasteiger partial charge is 0.478 e. The SMILES string of the molecule is CN1C(=O)c2ccc(Cl)cc2N(CCCCNC/C=C/C(=O)O)c2ccccc21. The van der Waals surface area contributed by atoms with Crippen LogP contribution in [0.25, 0.3) is 0 Å². The first-order chi connectivity index (χ1) is 14.0. The highest BCUT2D eigenvalue weighted by Gasteiger charge is 2.28. The predicted octanol–water partition coefficient (Wildman–Crippen LogP) is 4.08. The van der Waals surface area contributed by atoms with Crippen LogP contribution >= 0.6 is 11.6 Å². The zero-order valence-corrected chi connectivity index (χ0v) is 17.0. The lowest BCUT2D eigenvalue weighted by Gasteiger charge is -2.26. The Morgan fingerprint density at radius 3 is 2.66 bits per heavy atom. The van der Waals surface area contributed by atoms with E-state index in [1.165, 1.54) is 0 Å². The van der Waals surface area contributed by atoms with Gasteiger partial charge in [0.15, 0.2) is 0 Å². The summed E-state index contributed by atoms with van der Waals surface area (Å²) in [6, 6.07) is 13.2. The van der Waals surface area contributed by atoms with Gasteiger partial charge in [0.25, 0.3) is 5.91 Å². The highest BCUT2D eigenvalue weighted by Crippen LogP contribution is 2.41. The van der Waals surface area contributed by atoms with Crippen LogP contribution < -0.4 is 15.1 Å². The summed E-state index contributed by atoms with van der Waals surface area (Å²) >= 11 is 6.25. The molecule has 2 aromatic rings. The van der Waals surface area contributed by atoms with E-state index in [0.29, 0.717) is 17.1 Å². The number of nitrogens with one attached hydrogen (secondary N) is 1. The number of aliphatic carboxylic acids is 1. The van der Waals surface area contributed by atoms with Crippen LogP contribution in [0.15, 0.2) is 54.6 Å². The highest BCUT2D eigenvalue weighted by atomic mass is 35.5. The van der Waals surface area contributed by atoms with Gasteiger partial charge in [0, 0.05) is 31.2 Å². The number of para-hydroxylation sites is 2. The van der Waals surface area contributed by atoms with E-state index in [1.54, 1.807) is 30.2 Å². The van der Waals surface area contributed by atoms with Gasteiger partial charge in [-0.15, -0.1) is 0 Å². The Morgan fingerprint density at radius 1 is 1.14 bits per heavy atom. The summed E-state index contributed by atoms with van der Waals surface area (Å²) in [4.78, 5) is 27.3. The van der Waals surface area contributed by atoms with E-state index < -0.39 is 5.97 Å². The van der Waals surface area contributed by atoms with Crippen molar-refractivity contribution < 1.29 is 14.7 Å². The van der Waals surface area contributed by atoms with Gasteiger partial charge in [-0.25, -0.2) is 4.79 Å². The van der Waals surface area contributed by atoms with Crippen LogP contribution in [0, 0.1) is 0 Å². The zero-order chi connectivity index (χ0) is 20.8. The van der Waals surface area contributed by atoms with Crippen molar-refractivity contribution in [1.82, 2.24) is 5.32 Å². The van der Waals surface area contributed by atoms with Crippen molar-refractivity contribution in [3.05, 3.63) is 65.2 Å². The molecular weight excluding hydrogens is 390 g/mol. The Hall–Kier alpha value is -2.83. The number of halogens is 1. The van der Waals surface area contributed by atoms with Crippen molar-refractivity contribution in [1.29, 1.82) is 0 Å². The third-order valence-corrected chi connectivity index (χ3v) is 5.06. The molecule has 0 atom stereocenters. The molecule has 152 valence electrons. The van der Waals surface area contributed by atoms with Crippen LogP contribution in [0.3, 0.4) is 0 Å². The first-order valence-electron chi connectivity index (χ1n) is 9.53. The molecule has 0 fully saturated rings. The molecule has 0 saturated carbocycles. The van der Waals surface area contributed by atoms with Gasteiger partial charge >= 0.3 is 5.97 Å². The lowest BCUT2D eigenvalue weighted by molar-refractivity contribution is -0.131. The summed E-state index contributed by atoms with van der Waals surface area (Å²) in [5, 5.41) is 12.4. The molecule has 29 heavy (non-hydrogen) atoms. The minimum Gasteiger partial charge on any atom is -0.478 e. The van der Waals surface area contributed by atoms with Gasteiger partial charge in [-0.3, -0.25) is 4.79 Å². The molecule has 0 spiro atoms. The highest BCUT2D eigenvalue weighted by molar-refractivity contribution is 6.31. The molecular formula is C22H24ClN3O3. The summed E-state index contributed by atoms with van der Waals surface area (Å²) in [6.07, 6.45) is 4.54. The van der Waals surface area contributed by atoms with Crippen molar-refractivity contribution in [3.63, 3.8) is 0 Å². The summed E-state index contributed by atoms with van der Waals surface area (Å²) < 4.78 is 0. The minimum absolute atomic E-state index is 0.0569. The maximum absolute atomic E-state index is 13.0. The second kappa shape index (κ2) is 9.58. The molecule has 0 aliphatic carbocycles. The van der Waals surface area contributed by atoms with E-state index in [-0.39, 0.29) is 5.91 Å². The second-order valence-electron chi connectivity index (χ2n) is 6.82. The number of fused-ring (bicyclic) bond motifs is 2. The van der Waals surface area contributed by atoms with Gasteiger partial charge in [-0.2, -0.15) is 0 Å². The Bertz CT molecular complexity index is 929. The molecule has 0 bridgehead atoms. The minimum atomic E-state index is -0.941. The summed E-state index contributed by atoms with van der Waals surface area (Å²) in [6.45, 7) is 2.04. The van der Waals surface area contributed by atoms with Crippen LogP contribution in [0.2, 0.25) is 5.02 Å². The number of benzene rings is 2. The molecule has 1 amide bonds. The lowest BCUT2D eigenvalue weighted by atomic mass is 10.1.